The predicted molar refractivity (Wildman–Crippen MR) is 87.7 cm³/mol. The van der Waals surface area contributed by atoms with Gasteiger partial charge >= 0.3 is 5.97 Å². The fourth-order valence-electron chi connectivity index (χ4n) is 2.15. The molecule has 2 aromatic rings. The van der Waals surface area contributed by atoms with Gasteiger partial charge in [0.15, 0.2) is 0 Å². The van der Waals surface area contributed by atoms with Gasteiger partial charge in [-0.25, -0.2) is 4.98 Å². The largest absolute Gasteiger partial charge is 0.480 e. The Morgan fingerprint density at radius 2 is 2.00 bits per heavy atom. The molecule has 1 heterocycles. The molecule has 0 amide bonds. The molecule has 0 aliphatic carbocycles. The van der Waals surface area contributed by atoms with Gasteiger partial charge in [-0.1, -0.05) is 37.3 Å². The van der Waals surface area contributed by atoms with Crippen molar-refractivity contribution in [1.82, 2.24) is 9.97 Å². The third kappa shape index (κ3) is 5.25. The molecular weight excluding hydrogens is 294 g/mol. The first-order valence-corrected chi connectivity index (χ1v) is 7.57. The molecule has 1 aromatic carbocycles. The van der Waals surface area contributed by atoms with Crippen LogP contribution < -0.4 is 9.64 Å². The zero-order chi connectivity index (χ0) is 16.7. The quantitative estimate of drug-likeness (QED) is 0.807. The fraction of sp³-hybridized carbons (Fsp3) is 0.353. The average Bonchev–Trinajstić information content (AvgIpc) is 2.53. The van der Waals surface area contributed by atoms with Gasteiger partial charge in [0, 0.05) is 18.3 Å². The smallest absolute Gasteiger partial charge is 0.323 e. The molecule has 1 aromatic heterocycles. The molecule has 0 aliphatic heterocycles. The Labute approximate surface area is 135 Å². The van der Waals surface area contributed by atoms with Crippen molar-refractivity contribution in [1.29, 1.82) is 0 Å². The molecule has 0 bridgehead atoms. The van der Waals surface area contributed by atoms with Crippen LogP contribution in [0.15, 0.2) is 36.4 Å². The Morgan fingerprint density at radius 1 is 1.26 bits per heavy atom. The van der Waals surface area contributed by atoms with Gasteiger partial charge in [0.1, 0.15) is 13.2 Å². The Hall–Kier alpha value is -2.63. The van der Waals surface area contributed by atoms with Crippen LogP contribution in [0.1, 0.15) is 24.6 Å². The second-order valence-corrected chi connectivity index (χ2v) is 5.24. The van der Waals surface area contributed by atoms with Crippen molar-refractivity contribution in [3.63, 3.8) is 0 Å². The lowest BCUT2D eigenvalue weighted by atomic mass is 10.2. The molecule has 6 heteroatoms. The van der Waals surface area contributed by atoms with E-state index in [1.807, 2.05) is 44.2 Å². The first-order valence-electron chi connectivity index (χ1n) is 7.57. The summed E-state index contributed by atoms with van der Waals surface area (Å²) in [6, 6.07) is 11.5. The second kappa shape index (κ2) is 8.12. The van der Waals surface area contributed by atoms with Gasteiger partial charge in [-0.2, -0.15) is 4.98 Å². The van der Waals surface area contributed by atoms with Gasteiger partial charge in [0.05, 0.1) is 0 Å². The number of nitrogens with zero attached hydrogens (tertiary/aromatic N) is 3. The van der Waals surface area contributed by atoms with Crippen molar-refractivity contribution in [3.05, 3.63) is 47.7 Å². The highest BCUT2D eigenvalue weighted by atomic mass is 16.5. The number of hydrogen-bond donors (Lipinski definition) is 1. The molecular formula is C17H21N3O3. The van der Waals surface area contributed by atoms with E-state index in [9.17, 15) is 4.79 Å². The molecule has 1 N–H and O–H groups in total. The molecule has 0 radical (unpaired) electrons. The summed E-state index contributed by atoms with van der Waals surface area (Å²) in [5.41, 5.74) is 1.78. The summed E-state index contributed by atoms with van der Waals surface area (Å²) in [5, 5.41) is 9.03. The topological polar surface area (TPSA) is 75.6 Å². The van der Waals surface area contributed by atoms with Crippen LogP contribution in [0.25, 0.3) is 0 Å². The average molecular weight is 315 g/mol. The van der Waals surface area contributed by atoms with E-state index >= 15 is 0 Å². The standard InChI is InChI=1S/C17H21N3O3/c1-3-9-20(11-16(21)22)17-18-13(2)10-15(19-17)23-12-14-7-5-4-6-8-14/h4-8,10H,3,9,11-12H2,1-2H3,(H,21,22). The minimum Gasteiger partial charge on any atom is -0.480 e. The Kier molecular flexibility index (Phi) is 5.91. The maximum absolute atomic E-state index is 11.0. The van der Waals surface area contributed by atoms with E-state index in [-0.39, 0.29) is 6.54 Å². The molecule has 0 fully saturated rings. The minimum absolute atomic E-state index is 0.130. The molecule has 0 saturated carbocycles. The molecule has 23 heavy (non-hydrogen) atoms. The van der Waals surface area contributed by atoms with E-state index < -0.39 is 5.97 Å². The van der Waals surface area contributed by atoms with Crippen molar-refractivity contribution >= 4 is 11.9 Å². The summed E-state index contributed by atoms with van der Waals surface area (Å²) >= 11 is 0. The number of carbonyl (C=O) groups is 1. The van der Waals surface area contributed by atoms with Crippen molar-refractivity contribution in [2.24, 2.45) is 0 Å². The number of carboxylic acids is 1. The minimum atomic E-state index is -0.907. The van der Waals surface area contributed by atoms with Crippen LogP contribution in [0, 0.1) is 6.92 Å². The molecule has 0 spiro atoms. The highest BCUT2D eigenvalue weighted by Crippen LogP contribution is 2.17. The lowest BCUT2D eigenvalue weighted by Gasteiger charge is -2.20. The van der Waals surface area contributed by atoms with Crippen molar-refractivity contribution in [3.8, 4) is 5.88 Å². The monoisotopic (exact) mass is 315 g/mol. The van der Waals surface area contributed by atoms with Crippen LogP contribution in [0.5, 0.6) is 5.88 Å². The maximum Gasteiger partial charge on any atom is 0.323 e. The van der Waals surface area contributed by atoms with Crippen LogP contribution in [-0.4, -0.2) is 34.1 Å². The van der Waals surface area contributed by atoms with Gasteiger partial charge in [-0.3, -0.25) is 4.79 Å². The number of rotatable bonds is 8. The first-order chi connectivity index (χ1) is 11.1. The third-order valence-electron chi connectivity index (χ3n) is 3.15. The summed E-state index contributed by atoms with van der Waals surface area (Å²) in [6.45, 7) is 4.68. The van der Waals surface area contributed by atoms with Gasteiger partial charge in [-0.05, 0) is 18.9 Å². The summed E-state index contributed by atoms with van der Waals surface area (Å²) in [4.78, 5) is 21.3. The fourth-order valence-corrected chi connectivity index (χ4v) is 2.15. The molecule has 2 rings (SSSR count). The van der Waals surface area contributed by atoms with Crippen LogP contribution in [0.2, 0.25) is 0 Å². The lowest BCUT2D eigenvalue weighted by molar-refractivity contribution is -0.135. The van der Waals surface area contributed by atoms with E-state index in [2.05, 4.69) is 9.97 Å². The van der Waals surface area contributed by atoms with Gasteiger partial charge in [0.25, 0.3) is 0 Å². The summed E-state index contributed by atoms with van der Waals surface area (Å²) in [6.07, 6.45) is 0.810. The number of aliphatic carboxylic acids is 1. The normalized spacial score (nSPS) is 10.3. The molecule has 0 saturated heterocycles. The second-order valence-electron chi connectivity index (χ2n) is 5.24. The first kappa shape index (κ1) is 16.7. The molecule has 6 nitrogen and oxygen atoms in total. The number of hydrogen-bond acceptors (Lipinski definition) is 5. The third-order valence-corrected chi connectivity index (χ3v) is 3.15. The van der Waals surface area contributed by atoms with E-state index in [1.54, 1.807) is 11.0 Å². The number of anilines is 1. The lowest BCUT2D eigenvalue weighted by Crippen LogP contribution is -2.32. The predicted octanol–water partition coefficient (Wildman–Crippen LogP) is 2.67. The van der Waals surface area contributed by atoms with Crippen molar-refractivity contribution < 1.29 is 14.6 Å². The Bertz CT molecular complexity index is 647. The Morgan fingerprint density at radius 3 is 2.65 bits per heavy atom. The SMILES string of the molecule is CCCN(CC(=O)O)c1nc(C)cc(OCc2ccccc2)n1. The highest BCUT2D eigenvalue weighted by molar-refractivity contribution is 5.72. The van der Waals surface area contributed by atoms with Crippen LogP contribution >= 0.6 is 0 Å². The number of ether oxygens (including phenoxy) is 1. The zero-order valence-electron chi connectivity index (χ0n) is 13.4. The van der Waals surface area contributed by atoms with E-state index in [0.717, 1.165) is 17.7 Å². The number of carboxylic acid groups (broad SMARTS) is 1. The summed E-state index contributed by atoms with van der Waals surface area (Å²) in [7, 11) is 0. The molecule has 0 atom stereocenters. The van der Waals surface area contributed by atoms with Crippen molar-refractivity contribution in [2.45, 2.75) is 26.9 Å². The number of aryl methyl sites for hydroxylation is 1. The molecule has 0 unspecified atom stereocenters. The zero-order valence-corrected chi connectivity index (χ0v) is 13.4. The van der Waals surface area contributed by atoms with E-state index in [0.29, 0.717) is 25.0 Å². The summed E-state index contributed by atoms with van der Waals surface area (Å²) < 4.78 is 5.72. The Balaban J connectivity index is 2.15. The highest BCUT2D eigenvalue weighted by Gasteiger charge is 2.14. The van der Waals surface area contributed by atoms with Crippen LogP contribution in [0.3, 0.4) is 0 Å². The van der Waals surface area contributed by atoms with E-state index in [4.69, 9.17) is 9.84 Å². The van der Waals surface area contributed by atoms with Crippen LogP contribution in [-0.2, 0) is 11.4 Å². The van der Waals surface area contributed by atoms with Crippen molar-refractivity contribution in [2.75, 3.05) is 18.0 Å². The van der Waals surface area contributed by atoms with Crippen LogP contribution in [0.4, 0.5) is 5.95 Å². The van der Waals surface area contributed by atoms with Gasteiger partial charge in [0.2, 0.25) is 11.8 Å². The van der Waals surface area contributed by atoms with Gasteiger partial charge < -0.3 is 14.7 Å². The molecule has 0 aliphatic rings. The van der Waals surface area contributed by atoms with E-state index in [1.165, 1.54) is 0 Å². The number of aromatic nitrogens is 2. The number of benzene rings is 1. The molecule has 122 valence electrons. The van der Waals surface area contributed by atoms with Gasteiger partial charge in [-0.15, -0.1) is 0 Å². The summed E-state index contributed by atoms with van der Waals surface area (Å²) in [5.74, 6) is -0.0736. The maximum atomic E-state index is 11.0.